The van der Waals surface area contributed by atoms with Crippen molar-refractivity contribution < 1.29 is 4.79 Å². The minimum absolute atomic E-state index is 0.181. The summed E-state index contributed by atoms with van der Waals surface area (Å²) < 4.78 is 0. The van der Waals surface area contributed by atoms with E-state index in [1.54, 1.807) is 0 Å². The fourth-order valence-corrected chi connectivity index (χ4v) is 3.32. The van der Waals surface area contributed by atoms with Crippen LogP contribution in [0.4, 0.5) is 0 Å². The Kier molecular flexibility index (Phi) is 4.28. The van der Waals surface area contributed by atoms with Crippen LogP contribution in [0.25, 0.3) is 0 Å². The minimum Gasteiger partial charge on any atom is -0.342 e. The summed E-state index contributed by atoms with van der Waals surface area (Å²) >= 11 is 0. The summed E-state index contributed by atoms with van der Waals surface area (Å²) in [6, 6.07) is 1.23. The maximum atomic E-state index is 12.4. The Morgan fingerprint density at radius 2 is 2.00 bits per heavy atom. The van der Waals surface area contributed by atoms with Crippen molar-refractivity contribution in [3.05, 3.63) is 0 Å². The van der Waals surface area contributed by atoms with Crippen LogP contribution in [-0.2, 0) is 4.79 Å². The molecule has 2 aliphatic rings. The molecule has 1 amide bonds. The SMILES string of the molecule is CC1CC(N(C)C(=O)C2CCC(N)C2)CCN1C. The average molecular weight is 253 g/mol. The summed E-state index contributed by atoms with van der Waals surface area (Å²) in [5, 5.41) is 0. The van der Waals surface area contributed by atoms with Gasteiger partial charge in [0.25, 0.3) is 0 Å². The van der Waals surface area contributed by atoms with Crippen molar-refractivity contribution in [1.82, 2.24) is 9.80 Å². The largest absolute Gasteiger partial charge is 0.342 e. The van der Waals surface area contributed by atoms with Gasteiger partial charge in [0.15, 0.2) is 0 Å². The Morgan fingerprint density at radius 1 is 1.28 bits per heavy atom. The summed E-state index contributed by atoms with van der Waals surface area (Å²) in [6.07, 6.45) is 5.06. The van der Waals surface area contributed by atoms with Gasteiger partial charge in [0.2, 0.25) is 5.91 Å². The first-order valence-corrected chi connectivity index (χ1v) is 7.21. The average Bonchev–Trinajstić information content (AvgIpc) is 2.77. The number of nitrogens with zero attached hydrogens (tertiary/aromatic N) is 2. The fraction of sp³-hybridized carbons (Fsp3) is 0.929. The van der Waals surface area contributed by atoms with Crippen LogP contribution < -0.4 is 5.73 Å². The van der Waals surface area contributed by atoms with Gasteiger partial charge in [-0.3, -0.25) is 4.79 Å². The van der Waals surface area contributed by atoms with Gasteiger partial charge in [-0.1, -0.05) is 0 Å². The van der Waals surface area contributed by atoms with Crippen LogP contribution in [0.15, 0.2) is 0 Å². The summed E-state index contributed by atoms with van der Waals surface area (Å²) in [7, 11) is 4.15. The van der Waals surface area contributed by atoms with Crippen LogP contribution in [0.3, 0.4) is 0 Å². The molecule has 104 valence electrons. The zero-order chi connectivity index (χ0) is 13.3. The Hall–Kier alpha value is -0.610. The van der Waals surface area contributed by atoms with Gasteiger partial charge in [-0.15, -0.1) is 0 Å². The van der Waals surface area contributed by atoms with E-state index in [1.165, 1.54) is 0 Å². The first-order chi connectivity index (χ1) is 8.49. The van der Waals surface area contributed by atoms with Crippen molar-refractivity contribution in [2.24, 2.45) is 11.7 Å². The second-order valence-corrected chi connectivity index (χ2v) is 6.23. The predicted octanol–water partition coefficient (Wildman–Crippen LogP) is 1.05. The molecule has 2 fully saturated rings. The van der Waals surface area contributed by atoms with Gasteiger partial charge in [0.05, 0.1) is 0 Å². The zero-order valence-corrected chi connectivity index (χ0v) is 11.9. The van der Waals surface area contributed by atoms with Gasteiger partial charge in [0, 0.05) is 37.6 Å². The van der Waals surface area contributed by atoms with E-state index in [9.17, 15) is 4.79 Å². The quantitative estimate of drug-likeness (QED) is 0.800. The van der Waals surface area contributed by atoms with Crippen LogP contribution in [0, 0.1) is 5.92 Å². The third-order valence-corrected chi connectivity index (χ3v) is 4.90. The molecule has 0 aromatic rings. The minimum atomic E-state index is 0.181. The number of carbonyl (C=O) groups is 1. The molecule has 0 aromatic heterocycles. The number of nitrogens with two attached hydrogens (primary N) is 1. The van der Waals surface area contributed by atoms with Crippen molar-refractivity contribution in [2.45, 2.75) is 57.2 Å². The highest BCUT2D eigenvalue weighted by molar-refractivity contribution is 5.79. The Morgan fingerprint density at radius 3 is 2.56 bits per heavy atom. The van der Waals surface area contributed by atoms with Crippen molar-refractivity contribution in [2.75, 3.05) is 20.6 Å². The molecule has 4 nitrogen and oxygen atoms in total. The van der Waals surface area contributed by atoms with E-state index < -0.39 is 0 Å². The van der Waals surface area contributed by atoms with Gasteiger partial charge in [-0.2, -0.15) is 0 Å². The third kappa shape index (κ3) is 2.86. The van der Waals surface area contributed by atoms with Gasteiger partial charge >= 0.3 is 0 Å². The number of hydrogen-bond acceptors (Lipinski definition) is 3. The highest BCUT2D eigenvalue weighted by atomic mass is 16.2. The first-order valence-electron chi connectivity index (χ1n) is 7.21. The molecule has 4 atom stereocenters. The van der Waals surface area contributed by atoms with Gasteiger partial charge in [-0.25, -0.2) is 0 Å². The molecule has 4 heteroatoms. The monoisotopic (exact) mass is 253 g/mol. The molecule has 0 radical (unpaired) electrons. The lowest BCUT2D eigenvalue weighted by molar-refractivity contribution is -0.137. The second-order valence-electron chi connectivity index (χ2n) is 6.23. The maximum Gasteiger partial charge on any atom is 0.225 e. The smallest absolute Gasteiger partial charge is 0.225 e. The number of hydrogen-bond donors (Lipinski definition) is 1. The molecular weight excluding hydrogens is 226 g/mol. The van der Waals surface area contributed by atoms with E-state index in [-0.39, 0.29) is 12.0 Å². The van der Waals surface area contributed by atoms with Crippen LogP contribution >= 0.6 is 0 Å². The lowest BCUT2D eigenvalue weighted by Crippen LogP contribution is -2.49. The summed E-state index contributed by atoms with van der Waals surface area (Å²) in [4.78, 5) is 16.8. The highest BCUT2D eigenvalue weighted by Gasteiger charge is 2.34. The van der Waals surface area contributed by atoms with Crippen LogP contribution in [0.2, 0.25) is 0 Å². The van der Waals surface area contributed by atoms with Crippen LogP contribution in [0.5, 0.6) is 0 Å². The van der Waals surface area contributed by atoms with Crippen LogP contribution in [0.1, 0.15) is 39.0 Å². The van der Waals surface area contributed by atoms with Crippen LogP contribution in [-0.4, -0.2) is 54.5 Å². The van der Waals surface area contributed by atoms with Gasteiger partial charge < -0.3 is 15.5 Å². The molecule has 2 N–H and O–H groups in total. The van der Waals surface area contributed by atoms with E-state index >= 15 is 0 Å². The summed E-state index contributed by atoms with van der Waals surface area (Å²) in [5.41, 5.74) is 5.90. The highest BCUT2D eigenvalue weighted by Crippen LogP contribution is 2.28. The normalized spacial score (nSPS) is 37.8. The standard InChI is InChI=1S/C14H27N3O/c1-10-8-13(6-7-16(10)2)17(3)14(18)11-4-5-12(15)9-11/h10-13H,4-9,15H2,1-3H3. The number of amides is 1. The predicted molar refractivity (Wildman–Crippen MR) is 73.2 cm³/mol. The Labute approximate surface area is 110 Å². The van der Waals surface area contributed by atoms with E-state index in [2.05, 4.69) is 18.9 Å². The number of rotatable bonds is 2. The van der Waals surface area contributed by atoms with E-state index in [1.807, 2.05) is 11.9 Å². The van der Waals surface area contributed by atoms with Gasteiger partial charge in [0.1, 0.15) is 0 Å². The molecule has 0 spiro atoms. The van der Waals surface area contributed by atoms with Crippen molar-refractivity contribution >= 4 is 5.91 Å². The van der Waals surface area contributed by atoms with Crippen molar-refractivity contribution in [3.8, 4) is 0 Å². The Balaban J connectivity index is 1.90. The first kappa shape index (κ1) is 13.8. The van der Waals surface area contributed by atoms with E-state index in [0.717, 1.165) is 38.6 Å². The lowest BCUT2D eigenvalue weighted by Gasteiger charge is -2.40. The molecule has 1 aliphatic heterocycles. The molecule has 2 rings (SSSR count). The topological polar surface area (TPSA) is 49.6 Å². The molecule has 0 bridgehead atoms. The molecule has 0 aromatic carbocycles. The number of carbonyl (C=O) groups excluding carboxylic acids is 1. The molecule has 1 aliphatic carbocycles. The summed E-state index contributed by atoms with van der Waals surface area (Å²) in [5.74, 6) is 0.504. The van der Waals surface area contributed by atoms with Crippen molar-refractivity contribution in [3.63, 3.8) is 0 Å². The van der Waals surface area contributed by atoms with Gasteiger partial charge in [-0.05, 0) is 46.1 Å². The molecule has 1 heterocycles. The molecule has 18 heavy (non-hydrogen) atoms. The Bertz CT molecular complexity index is 307. The zero-order valence-electron chi connectivity index (χ0n) is 11.9. The number of likely N-dealkylation sites (tertiary alicyclic amines) is 1. The summed E-state index contributed by atoms with van der Waals surface area (Å²) in [6.45, 7) is 3.34. The second kappa shape index (κ2) is 5.57. The fourth-order valence-electron chi connectivity index (χ4n) is 3.32. The van der Waals surface area contributed by atoms with Crippen molar-refractivity contribution in [1.29, 1.82) is 0 Å². The van der Waals surface area contributed by atoms with E-state index in [4.69, 9.17) is 5.73 Å². The maximum absolute atomic E-state index is 12.4. The number of piperidine rings is 1. The molecule has 1 saturated heterocycles. The molecule has 1 saturated carbocycles. The van der Waals surface area contributed by atoms with E-state index in [0.29, 0.717) is 18.0 Å². The lowest BCUT2D eigenvalue weighted by atomic mass is 9.96. The molecule has 4 unspecified atom stereocenters. The third-order valence-electron chi connectivity index (χ3n) is 4.90. The molecular formula is C14H27N3O.